The van der Waals surface area contributed by atoms with Crippen molar-refractivity contribution in [2.75, 3.05) is 6.54 Å². The molecule has 1 heterocycles. The van der Waals surface area contributed by atoms with Gasteiger partial charge in [-0.05, 0) is 25.1 Å². The first-order valence-electron chi connectivity index (χ1n) is 4.06. The zero-order valence-corrected chi connectivity index (χ0v) is 7.95. The van der Waals surface area contributed by atoms with Gasteiger partial charge in [-0.15, -0.1) is 11.3 Å². The van der Waals surface area contributed by atoms with Gasteiger partial charge in [0, 0.05) is 11.4 Å². The maximum Gasteiger partial charge on any atom is 0.110 e. The molecule has 0 fully saturated rings. The maximum absolute atomic E-state index is 8.56. The molecule has 1 rings (SSSR count). The van der Waals surface area contributed by atoms with Crippen molar-refractivity contribution in [3.05, 3.63) is 21.9 Å². The molecule has 2 nitrogen and oxygen atoms in total. The average molecular weight is 180 g/mol. The fraction of sp³-hybridized carbons (Fsp3) is 0.444. The van der Waals surface area contributed by atoms with Crippen LogP contribution in [-0.2, 0) is 6.54 Å². The van der Waals surface area contributed by atoms with Crippen LogP contribution in [0.2, 0.25) is 0 Å². The monoisotopic (exact) mass is 180 g/mol. The summed E-state index contributed by atoms with van der Waals surface area (Å²) < 4.78 is 0. The van der Waals surface area contributed by atoms with Crippen molar-refractivity contribution in [2.45, 2.75) is 19.9 Å². The van der Waals surface area contributed by atoms with Gasteiger partial charge in [-0.3, -0.25) is 0 Å². The molecule has 1 aromatic heterocycles. The van der Waals surface area contributed by atoms with Gasteiger partial charge in [0.1, 0.15) is 10.9 Å². The van der Waals surface area contributed by atoms with Crippen molar-refractivity contribution in [1.29, 1.82) is 5.26 Å². The van der Waals surface area contributed by atoms with E-state index in [0.717, 1.165) is 24.4 Å². The summed E-state index contributed by atoms with van der Waals surface area (Å²) in [6.45, 7) is 4.07. The van der Waals surface area contributed by atoms with E-state index < -0.39 is 0 Å². The Balaban J connectivity index is 2.38. The Bertz CT molecular complexity index is 272. The summed E-state index contributed by atoms with van der Waals surface area (Å²) >= 11 is 1.56. The standard InChI is InChI=1S/C9H12N2S/c1-2-5-11-7-9-4-3-8(6-10)12-9/h3-4,11H,2,5,7H2,1H3. The number of nitriles is 1. The molecule has 0 atom stereocenters. The highest BCUT2D eigenvalue weighted by Gasteiger charge is 1.97. The van der Waals surface area contributed by atoms with Crippen molar-refractivity contribution < 1.29 is 0 Å². The molecule has 0 aliphatic carbocycles. The van der Waals surface area contributed by atoms with E-state index in [4.69, 9.17) is 5.26 Å². The third-order valence-electron chi connectivity index (χ3n) is 1.50. The summed E-state index contributed by atoms with van der Waals surface area (Å²) in [5, 5.41) is 11.9. The smallest absolute Gasteiger partial charge is 0.110 e. The number of hydrogen-bond donors (Lipinski definition) is 1. The Morgan fingerprint density at radius 2 is 2.42 bits per heavy atom. The van der Waals surface area contributed by atoms with Gasteiger partial charge in [-0.2, -0.15) is 5.26 Å². The van der Waals surface area contributed by atoms with E-state index in [-0.39, 0.29) is 0 Å². The topological polar surface area (TPSA) is 35.8 Å². The molecule has 0 aliphatic heterocycles. The van der Waals surface area contributed by atoms with Crippen LogP contribution in [0.3, 0.4) is 0 Å². The third kappa shape index (κ3) is 2.65. The van der Waals surface area contributed by atoms with Gasteiger partial charge in [0.2, 0.25) is 0 Å². The first kappa shape index (κ1) is 9.24. The lowest BCUT2D eigenvalue weighted by Gasteiger charge is -1.97. The molecule has 12 heavy (non-hydrogen) atoms. The molecular formula is C9H12N2S. The van der Waals surface area contributed by atoms with Crippen LogP contribution in [0, 0.1) is 11.3 Å². The first-order valence-corrected chi connectivity index (χ1v) is 4.88. The average Bonchev–Trinajstić information content (AvgIpc) is 2.53. The highest BCUT2D eigenvalue weighted by molar-refractivity contribution is 7.12. The second-order valence-corrected chi connectivity index (χ2v) is 3.72. The summed E-state index contributed by atoms with van der Waals surface area (Å²) in [6, 6.07) is 6.00. The lowest BCUT2D eigenvalue weighted by atomic mass is 10.4. The molecule has 1 N–H and O–H groups in total. The van der Waals surface area contributed by atoms with Crippen LogP contribution in [0.15, 0.2) is 12.1 Å². The van der Waals surface area contributed by atoms with Crippen molar-refractivity contribution in [3.8, 4) is 6.07 Å². The van der Waals surface area contributed by atoms with Gasteiger partial charge >= 0.3 is 0 Å². The van der Waals surface area contributed by atoms with Crippen LogP contribution in [0.4, 0.5) is 0 Å². The van der Waals surface area contributed by atoms with Crippen LogP contribution in [0.1, 0.15) is 23.1 Å². The minimum Gasteiger partial charge on any atom is -0.312 e. The molecule has 64 valence electrons. The molecule has 0 aromatic carbocycles. The highest BCUT2D eigenvalue weighted by atomic mass is 32.1. The van der Waals surface area contributed by atoms with Gasteiger partial charge in [-0.25, -0.2) is 0 Å². The summed E-state index contributed by atoms with van der Waals surface area (Å²) in [7, 11) is 0. The quantitative estimate of drug-likeness (QED) is 0.720. The zero-order chi connectivity index (χ0) is 8.81. The molecule has 1 aromatic rings. The van der Waals surface area contributed by atoms with E-state index >= 15 is 0 Å². The van der Waals surface area contributed by atoms with Crippen molar-refractivity contribution in [2.24, 2.45) is 0 Å². The second kappa shape index (κ2) is 4.91. The minimum absolute atomic E-state index is 0.795. The Labute approximate surface area is 76.8 Å². The number of thiophene rings is 1. The summed E-state index contributed by atoms with van der Waals surface area (Å²) in [4.78, 5) is 2.03. The van der Waals surface area contributed by atoms with E-state index in [1.165, 1.54) is 4.88 Å². The molecule has 0 radical (unpaired) electrons. The predicted octanol–water partition coefficient (Wildman–Crippen LogP) is 2.12. The van der Waals surface area contributed by atoms with Crippen molar-refractivity contribution in [1.82, 2.24) is 5.32 Å². The Morgan fingerprint density at radius 3 is 3.00 bits per heavy atom. The first-order chi connectivity index (χ1) is 5.86. The minimum atomic E-state index is 0.795. The van der Waals surface area contributed by atoms with E-state index in [1.807, 2.05) is 12.1 Å². The van der Waals surface area contributed by atoms with Gasteiger partial charge in [-0.1, -0.05) is 6.92 Å². The summed E-state index contributed by atoms with van der Waals surface area (Å²) in [5.41, 5.74) is 0. The fourth-order valence-electron chi connectivity index (χ4n) is 0.921. The largest absolute Gasteiger partial charge is 0.312 e. The van der Waals surface area contributed by atoms with Gasteiger partial charge in [0.05, 0.1) is 0 Å². The number of nitrogens with one attached hydrogen (secondary N) is 1. The van der Waals surface area contributed by atoms with E-state index in [1.54, 1.807) is 11.3 Å². The zero-order valence-electron chi connectivity index (χ0n) is 7.13. The van der Waals surface area contributed by atoms with Crippen LogP contribution < -0.4 is 5.32 Å². The van der Waals surface area contributed by atoms with Gasteiger partial charge in [0.25, 0.3) is 0 Å². The normalized spacial score (nSPS) is 9.67. The van der Waals surface area contributed by atoms with E-state index in [0.29, 0.717) is 0 Å². The van der Waals surface area contributed by atoms with Crippen LogP contribution in [0.25, 0.3) is 0 Å². The molecule has 0 bridgehead atoms. The Kier molecular flexibility index (Phi) is 3.78. The fourth-order valence-corrected chi connectivity index (χ4v) is 1.70. The van der Waals surface area contributed by atoms with Crippen molar-refractivity contribution in [3.63, 3.8) is 0 Å². The maximum atomic E-state index is 8.56. The molecular weight excluding hydrogens is 168 g/mol. The van der Waals surface area contributed by atoms with E-state index in [2.05, 4.69) is 18.3 Å². The number of nitrogens with zero attached hydrogens (tertiary/aromatic N) is 1. The Morgan fingerprint density at radius 1 is 1.58 bits per heavy atom. The highest BCUT2D eigenvalue weighted by Crippen LogP contribution is 2.14. The molecule has 0 amide bonds. The molecule has 0 saturated carbocycles. The molecule has 0 aliphatic rings. The third-order valence-corrected chi connectivity index (χ3v) is 2.49. The molecule has 0 saturated heterocycles. The van der Waals surface area contributed by atoms with Crippen molar-refractivity contribution >= 4 is 11.3 Å². The number of rotatable bonds is 4. The van der Waals surface area contributed by atoms with Crippen LogP contribution >= 0.6 is 11.3 Å². The molecule has 0 unspecified atom stereocenters. The Hall–Kier alpha value is -0.850. The number of hydrogen-bond acceptors (Lipinski definition) is 3. The molecule has 0 spiro atoms. The SMILES string of the molecule is CCCNCc1ccc(C#N)s1. The van der Waals surface area contributed by atoms with Crippen LogP contribution in [-0.4, -0.2) is 6.54 Å². The van der Waals surface area contributed by atoms with Crippen LogP contribution in [0.5, 0.6) is 0 Å². The lowest BCUT2D eigenvalue weighted by Crippen LogP contribution is -2.12. The predicted molar refractivity (Wildman–Crippen MR) is 51.0 cm³/mol. The summed E-state index contributed by atoms with van der Waals surface area (Å²) in [6.07, 6.45) is 1.15. The molecule has 3 heteroatoms. The summed E-state index contributed by atoms with van der Waals surface area (Å²) in [5.74, 6) is 0. The van der Waals surface area contributed by atoms with Gasteiger partial charge in [0.15, 0.2) is 0 Å². The van der Waals surface area contributed by atoms with E-state index in [9.17, 15) is 0 Å². The lowest BCUT2D eigenvalue weighted by molar-refractivity contribution is 0.681. The van der Waals surface area contributed by atoms with Gasteiger partial charge < -0.3 is 5.32 Å². The second-order valence-electron chi connectivity index (χ2n) is 2.55.